The van der Waals surface area contributed by atoms with Crippen molar-refractivity contribution in [3.8, 4) is 0 Å². The maximum atomic E-state index is 4.61. The second kappa shape index (κ2) is 6.12. The van der Waals surface area contributed by atoms with Crippen LogP contribution in [0.25, 0.3) is 0 Å². The highest BCUT2D eigenvalue weighted by Gasteiger charge is 2.66. The highest BCUT2D eigenvalue weighted by Crippen LogP contribution is 2.69. The number of nitrogens with zero attached hydrogens (tertiary/aromatic N) is 2. The van der Waals surface area contributed by atoms with Gasteiger partial charge < -0.3 is 9.88 Å². The molecule has 120 valence electrons. The summed E-state index contributed by atoms with van der Waals surface area (Å²) in [5.41, 5.74) is 0.834. The summed E-state index contributed by atoms with van der Waals surface area (Å²) in [5.74, 6) is 1.97. The van der Waals surface area contributed by atoms with E-state index in [0.29, 0.717) is 16.9 Å². The van der Waals surface area contributed by atoms with Gasteiger partial charge in [0, 0.05) is 31.4 Å². The molecule has 1 unspecified atom stereocenters. The molecule has 1 aliphatic carbocycles. The summed E-state index contributed by atoms with van der Waals surface area (Å²) in [4.78, 5) is 4.61. The van der Waals surface area contributed by atoms with Crippen molar-refractivity contribution in [1.82, 2.24) is 14.9 Å². The number of nitrogens with one attached hydrogen (secondary N) is 1. The number of aromatic nitrogens is 2. The predicted octanol–water partition coefficient (Wildman–Crippen LogP) is 3.89. The molecule has 3 nitrogen and oxygen atoms in total. The summed E-state index contributed by atoms with van der Waals surface area (Å²) in [5, 5.41) is 3.80. The molecule has 0 aromatic carbocycles. The van der Waals surface area contributed by atoms with E-state index in [1.807, 2.05) is 6.20 Å². The fourth-order valence-electron chi connectivity index (χ4n) is 4.06. The van der Waals surface area contributed by atoms with Gasteiger partial charge in [-0.05, 0) is 36.1 Å². The van der Waals surface area contributed by atoms with E-state index >= 15 is 0 Å². The van der Waals surface area contributed by atoms with Crippen molar-refractivity contribution in [2.45, 2.75) is 73.4 Å². The Balaban J connectivity index is 2.12. The third kappa shape index (κ3) is 3.03. The summed E-state index contributed by atoms with van der Waals surface area (Å²) in [6.07, 6.45) is 7.47. The van der Waals surface area contributed by atoms with Crippen LogP contribution in [0.5, 0.6) is 0 Å². The average molecular weight is 291 g/mol. The van der Waals surface area contributed by atoms with Gasteiger partial charge >= 0.3 is 0 Å². The van der Waals surface area contributed by atoms with Crippen LogP contribution in [0.15, 0.2) is 12.4 Å². The quantitative estimate of drug-likeness (QED) is 0.787. The number of rotatable bonds is 8. The normalized spacial score (nSPS) is 21.4. The van der Waals surface area contributed by atoms with E-state index in [1.54, 1.807) is 0 Å². The van der Waals surface area contributed by atoms with Crippen LogP contribution in [0, 0.1) is 16.7 Å². The minimum Gasteiger partial charge on any atom is -0.335 e. The Morgan fingerprint density at radius 1 is 1.19 bits per heavy atom. The maximum absolute atomic E-state index is 4.61. The van der Waals surface area contributed by atoms with Gasteiger partial charge in [-0.3, -0.25) is 0 Å². The molecule has 3 heteroatoms. The lowest BCUT2D eigenvalue weighted by Gasteiger charge is -2.21. The molecule has 0 spiro atoms. The minimum atomic E-state index is 0.417. The van der Waals surface area contributed by atoms with Gasteiger partial charge in [0.25, 0.3) is 0 Å². The molecule has 0 bridgehead atoms. The molecule has 1 aromatic heterocycles. The monoisotopic (exact) mass is 291 g/mol. The molecule has 1 N–H and O–H groups in total. The average Bonchev–Trinajstić information content (AvgIpc) is 2.73. The first-order valence-electron chi connectivity index (χ1n) is 8.59. The van der Waals surface area contributed by atoms with Gasteiger partial charge in [-0.15, -0.1) is 0 Å². The van der Waals surface area contributed by atoms with E-state index in [2.05, 4.69) is 62.6 Å². The molecule has 0 saturated heterocycles. The molecule has 1 heterocycles. The first-order chi connectivity index (χ1) is 9.86. The minimum absolute atomic E-state index is 0.417. The van der Waals surface area contributed by atoms with Crippen LogP contribution in [0.2, 0.25) is 0 Å². The number of aryl methyl sites for hydroxylation is 1. The van der Waals surface area contributed by atoms with Crippen LogP contribution in [-0.4, -0.2) is 22.1 Å². The highest BCUT2D eigenvalue weighted by molar-refractivity contribution is 5.17. The van der Waals surface area contributed by atoms with Crippen LogP contribution >= 0.6 is 0 Å². The molecule has 0 aliphatic heterocycles. The van der Waals surface area contributed by atoms with Gasteiger partial charge in [-0.1, -0.05) is 41.5 Å². The van der Waals surface area contributed by atoms with E-state index in [0.717, 1.165) is 31.8 Å². The van der Waals surface area contributed by atoms with Crippen LogP contribution in [0.3, 0.4) is 0 Å². The van der Waals surface area contributed by atoms with Crippen LogP contribution in [-0.2, 0) is 13.0 Å². The number of hydrogen-bond acceptors (Lipinski definition) is 2. The third-order valence-electron chi connectivity index (χ3n) is 5.86. The second-order valence-electron chi connectivity index (χ2n) is 7.72. The summed E-state index contributed by atoms with van der Waals surface area (Å²) < 4.78 is 2.32. The first kappa shape index (κ1) is 16.5. The molecular weight excluding hydrogens is 258 g/mol. The van der Waals surface area contributed by atoms with Crippen molar-refractivity contribution in [2.24, 2.45) is 16.7 Å². The number of imidazole rings is 1. The fourth-order valence-corrected chi connectivity index (χ4v) is 4.06. The SMILES string of the molecule is CCCNC(Cc1nccn1CCC)C1C(C)(C)C1(C)C. The second-order valence-corrected chi connectivity index (χ2v) is 7.72. The Labute approximate surface area is 130 Å². The van der Waals surface area contributed by atoms with Crippen LogP contribution < -0.4 is 5.32 Å². The van der Waals surface area contributed by atoms with Crippen molar-refractivity contribution in [3.63, 3.8) is 0 Å². The summed E-state index contributed by atoms with van der Waals surface area (Å²) in [7, 11) is 0. The Morgan fingerprint density at radius 3 is 2.38 bits per heavy atom. The van der Waals surface area contributed by atoms with Gasteiger partial charge in [0.05, 0.1) is 0 Å². The Morgan fingerprint density at radius 2 is 1.86 bits per heavy atom. The van der Waals surface area contributed by atoms with Gasteiger partial charge in [0.2, 0.25) is 0 Å². The molecule has 0 amide bonds. The molecule has 2 rings (SSSR count). The van der Waals surface area contributed by atoms with E-state index in [-0.39, 0.29) is 0 Å². The zero-order valence-electron chi connectivity index (χ0n) is 14.7. The van der Waals surface area contributed by atoms with E-state index in [9.17, 15) is 0 Å². The smallest absolute Gasteiger partial charge is 0.110 e. The molecule has 1 atom stereocenters. The largest absolute Gasteiger partial charge is 0.335 e. The van der Waals surface area contributed by atoms with Crippen molar-refractivity contribution in [2.75, 3.05) is 6.54 Å². The number of hydrogen-bond donors (Lipinski definition) is 1. The zero-order valence-corrected chi connectivity index (χ0v) is 14.7. The van der Waals surface area contributed by atoms with E-state index in [4.69, 9.17) is 0 Å². The van der Waals surface area contributed by atoms with Crippen molar-refractivity contribution >= 4 is 0 Å². The zero-order chi connectivity index (χ0) is 15.7. The standard InChI is InChI=1S/C18H33N3/c1-7-9-19-14(16-17(3,4)18(16,5)6)13-15-20-10-12-21(15)11-8-2/h10,12,14,16,19H,7-9,11,13H2,1-6H3. The predicted molar refractivity (Wildman–Crippen MR) is 89.4 cm³/mol. The van der Waals surface area contributed by atoms with Crippen molar-refractivity contribution < 1.29 is 0 Å². The lowest BCUT2D eigenvalue weighted by atomic mass is 10.0. The Kier molecular flexibility index (Phi) is 4.82. The van der Waals surface area contributed by atoms with Gasteiger partial charge in [-0.2, -0.15) is 0 Å². The summed E-state index contributed by atoms with van der Waals surface area (Å²) in [6, 6.07) is 0.535. The molecule has 0 radical (unpaired) electrons. The highest BCUT2D eigenvalue weighted by atomic mass is 15.1. The lowest BCUT2D eigenvalue weighted by Crippen LogP contribution is -2.36. The first-order valence-corrected chi connectivity index (χ1v) is 8.59. The summed E-state index contributed by atoms with van der Waals surface area (Å²) in [6.45, 7) is 16.3. The van der Waals surface area contributed by atoms with E-state index in [1.165, 1.54) is 12.2 Å². The van der Waals surface area contributed by atoms with E-state index < -0.39 is 0 Å². The van der Waals surface area contributed by atoms with Crippen LogP contribution in [0.1, 0.15) is 60.2 Å². The lowest BCUT2D eigenvalue weighted by molar-refractivity contribution is 0.385. The fraction of sp³-hybridized carbons (Fsp3) is 0.833. The van der Waals surface area contributed by atoms with Crippen LogP contribution in [0.4, 0.5) is 0 Å². The Bertz CT molecular complexity index is 445. The molecular formula is C18H33N3. The van der Waals surface area contributed by atoms with Crippen molar-refractivity contribution in [1.29, 1.82) is 0 Å². The molecule has 1 aromatic rings. The van der Waals surface area contributed by atoms with Gasteiger partial charge in [0.1, 0.15) is 5.82 Å². The molecule has 1 saturated carbocycles. The topological polar surface area (TPSA) is 29.9 Å². The molecule has 1 fully saturated rings. The summed E-state index contributed by atoms with van der Waals surface area (Å²) >= 11 is 0. The third-order valence-corrected chi connectivity index (χ3v) is 5.86. The van der Waals surface area contributed by atoms with Gasteiger partial charge in [0.15, 0.2) is 0 Å². The maximum Gasteiger partial charge on any atom is 0.110 e. The molecule has 1 aliphatic rings. The Hall–Kier alpha value is -0.830. The van der Waals surface area contributed by atoms with Crippen molar-refractivity contribution in [3.05, 3.63) is 18.2 Å². The molecule has 21 heavy (non-hydrogen) atoms. The van der Waals surface area contributed by atoms with Gasteiger partial charge in [-0.25, -0.2) is 4.98 Å².